The molecule has 1 aliphatic rings. The number of hydrogen-bond donors (Lipinski definition) is 1. The topological polar surface area (TPSA) is 73.7 Å². The summed E-state index contributed by atoms with van der Waals surface area (Å²) in [5.41, 5.74) is 1.34. The number of amides is 1. The van der Waals surface area contributed by atoms with Crippen LogP contribution in [0.15, 0.2) is 58.8 Å². The molecule has 1 aromatic heterocycles. The van der Waals surface area contributed by atoms with Crippen LogP contribution in [0, 0.1) is 0 Å². The summed E-state index contributed by atoms with van der Waals surface area (Å²) in [4.78, 5) is 33.5. The van der Waals surface area contributed by atoms with Gasteiger partial charge in [0.05, 0.1) is 11.6 Å². The summed E-state index contributed by atoms with van der Waals surface area (Å²) in [7, 11) is 0. The van der Waals surface area contributed by atoms with E-state index in [1.807, 2.05) is 24.3 Å². The standard InChI is InChI=1S/C22H24BrN3O3/c1-3-25(4-2)12-13-26-19(16-6-5-7-17(23)14-16)18(21(28)22(26)29)20(27)15-8-10-24-11-9-15/h5-11,14,19,27H,3-4,12-13H2,1-2H3/b20-18+/t19-/m0/s1. The van der Waals surface area contributed by atoms with Gasteiger partial charge in [-0.2, -0.15) is 0 Å². The lowest BCUT2D eigenvalue weighted by Gasteiger charge is -2.28. The van der Waals surface area contributed by atoms with Crippen LogP contribution in [0.4, 0.5) is 0 Å². The minimum absolute atomic E-state index is 0.110. The molecule has 29 heavy (non-hydrogen) atoms. The largest absolute Gasteiger partial charge is 0.507 e. The van der Waals surface area contributed by atoms with Crippen molar-refractivity contribution in [2.45, 2.75) is 19.9 Å². The van der Waals surface area contributed by atoms with Crippen LogP contribution >= 0.6 is 15.9 Å². The summed E-state index contributed by atoms with van der Waals surface area (Å²) in [6.07, 6.45) is 3.08. The SMILES string of the molecule is CCN(CC)CCN1C(=O)C(=O)/C(=C(/O)c2ccncc2)[C@@H]1c1cccc(Br)c1. The molecular weight excluding hydrogens is 434 g/mol. The van der Waals surface area contributed by atoms with Crippen LogP contribution in [0.2, 0.25) is 0 Å². The monoisotopic (exact) mass is 457 g/mol. The third-order valence-electron chi connectivity index (χ3n) is 5.21. The zero-order chi connectivity index (χ0) is 21.0. The fourth-order valence-electron chi connectivity index (χ4n) is 3.59. The Balaban J connectivity index is 2.09. The molecule has 1 fully saturated rings. The molecule has 152 valence electrons. The fraction of sp³-hybridized carbons (Fsp3) is 0.318. The van der Waals surface area contributed by atoms with Crippen LogP contribution in [0.25, 0.3) is 5.76 Å². The maximum atomic E-state index is 12.9. The van der Waals surface area contributed by atoms with Gasteiger partial charge >= 0.3 is 0 Å². The number of Topliss-reactive ketones (excluding diaryl/α,β-unsaturated/α-hetero) is 1. The first kappa shape index (κ1) is 21.2. The molecule has 1 aliphatic heterocycles. The summed E-state index contributed by atoms with van der Waals surface area (Å²) in [5, 5.41) is 10.9. The van der Waals surface area contributed by atoms with Crippen LogP contribution in [-0.2, 0) is 9.59 Å². The van der Waals surface area contributed by atoms with Gasteiger partial charge in [0.2, 0.25) is 0 Å². The number of pyridine rings is 1. The normalized spacial score (nSPS) is 18.6. The van der Waals surface area contributed by atoms with Gasteiger partial charge in [0.1, 0.15) is 5.76 Å². The van der Waals surface area contributed by atoms with Gasteiger partial charge in [0.25, 0.3) is 11.7 Å². The molecule has 1 amide bonds. The van der Waals surface area contributed by atoms with Crippen LogP contribution in [0.3, 0.4) is 0 Å². The number of aliphatic hydroxyl groups is 1. The Bertz CT molecular complexity index is 926. The number of carbonyl (C=O) groups is 2. The Hall–Kier alpha value is -2.51. The highest BCUT2D eigenvalue weighted by atomic mass is 79.9. The lowest BCUT2D eigenvalue weighted by molar-refractivity contribution is -0.140. The predicted octanol–water partition coefficient (Wildman–Crippen LogP) is 3.61. The predicted molar refractivity (Wildman–Crippen MR) is 115 cm³/mol. The third-order valence-corrected chi connectivity index (χ3v) is 5.70. The summed E-state index contributed by atoms with van der Waals surface area (Å²) < 4.78 is 0.841. The van der Waals surface area contributed by atoms with E-state index in [0.717, 1.165) is 23.1 Å². The minimum atomic E-state index is -0.663. The molecule has 0 unspecified atom stereocenters. The van der Waals surface area contributed by atoms with E-state index in [2.05, 4.69) is 39.7 Å². The first-order valence-corrected chi connectivity index (χ1v) is 10.4. The minimum Gasteiger partial charge on any atom is -0.507 e. The van der Waals surface area contributed by atoms with Crippen LogP contribution < -0.4 is 0 Å². The maximum Gasteiger partial charge on any atom is 0.295 e. The molecule has 0 aliphatic carbocycles. The van der Waals surface area contributed by atoms with Crippen molar-refractivity contribution in [1.82, 2.24) is 14.8 Å². The molecule has 1 N–H and O–H groups in total. The molecule has 7 heteroatoms. The van der Waals surface area contributed by atoms with Crippen molar-refractivity contribution in [2.24, 2.45) is 0 Å². The van der Waals surface area contributed by atoms with Crippen LogP contribution in [0.5, 0.6) is 0 Å². The molecule has 1 saturated heterocycles. The summed E-state index contributed by atoms with van der Waals surface area (Å²) in [6.45, 7) is 6.90. The summed E-state index contributed by atoms with van der Waals surface area (Å²) in [5.74, 6) is -1.43. The number of ketones is 1. The van der Waals surface area contributed by atoms with Gasteiger partial charge in [-0.05, 0) is 42.9 Å². The second kappa shape index (κ2) is 9.33. The molecule has 0 bridgehead atoms. The zero-order valence-corrected chi connectivity index (χ0v) is 18.1. The van der Waals surface area contributed by atoms with E-state index in [0.29, 0.717) is 18.7 Å². The van der Waals surface area contributed by atoms with Crippen molar-refractivity contribution in [3.63, 3.8) is 0 Å². The van der Waals surface area contributed by atoms with Crippen molar-refractivity contribution < 1.29 is 14.7 Å². The molecule has 1 atom stereocenters. The molecule has 6 nitrogen and oxygen atoms in total. The lowest BCUT2D eigenvalue weighted by atomic mass is 9.95. The molecular formula is C22H24BrN3O3. The Morgan fingerprint density at radius 3 is 2.48 bits per heavy atom. The Labute approximate surface area is 179 Å². The molecule has 3 rings (SSSR count). The number of likely N-dealkylation sites (N-methyl/N-ethyl adjacent to an activating group) is 1. The Morgan fingerprint density at radius 1 is 1.17 bits per heavy atom. The molecule has 0 spiro atoms. The van der Waals surface area contributed by atoms with Crippen molar-refractivity contribution in [1.29, 1.82) is 0 Å². The van der Waals surface area contributed by atoms with E-state index in [9.17, 15) is 14.7 Å². The number of hydrogen-bond acceptors (Lipinski definition) is 5. The smallest absolute Gasteiger partial charge is 0.295 e. The van der Waals surface area contributed by atoms with Gasteiger partial charge in [0, 0.05) is 35.5 Å². The molecule has 0 radical (unpaired) electrons. The number of carbonyl (C=O) groups excluding carboxylic acids is 2. The molecule has 2 heterocycles. The van der Waals surface area contributed by atoms with Crippen molar-refractivity contribution in [3.8, 4) is 0 Å². The Kier molecular flexibility index (Phi) is 6.82. The average Bonchev–Trinajstić information content (AvgIpc) is 2.99. The third kappa shape index (κ3) is 4.41. The number of likely N-dealkylation sites (tertiary alicyclic amines) is 1. The van der Waals surface area contributed by atoms with E-state index >= 15 is 0 Å². The molecule has 1 aromatic carbocycles. The van der Waals surface area contributed by atoms with Gasteiger partial charge in [-0.15, -0.1) is 0 Å². The second-order valence-electron chi connectivity index (χ2n) is 6.81. The number of aliphatic hydroxyl groups excluding tert-OH is 1. The van der Waals surface area contributed by atoms with Crippen molar-refractivity contribution >= 4 is 33.4 Å². The fourth-order valence-corrected chi connectivity index (χ4v) is 4.01. The van der Waals surface area contributed by atoms with E-state index < -0.39 is 17.7 Å². The van der Waals surface area contributed by atoms with Crippen LogP contribution in [0.1, 0.15) is 31.0 Å². The van der Waals surface area contributed by atoms with Gasteiger partial charge in [-0.25, -0.2) is 0 Å². The van der Waals surface area contributed by atoms with Crippen LogP contribution in [-0.4, -0.2) is 57.8 Å². The number of halogens is 1. The highest BCUT2D eigenvalue weighted by Gasteiger charge is 2.45. The number of rotatable bonds is 7. The Morgan fingerprint density at radius 2 is 1.86 bits per heavy atom. The zero-order valence-electron chi connectivity index (χ0n) is 16.5. The summed E-state index contributed by atoms with van der Waals surface area (Å²) in [6, 6.07) is 10.1. The first-order valence-electron chi connectivity index (χ1n) is 9.64. The quantitative estimate of drug-likeness (QED) is 0.390. The van der Waals surface area contributed by atoms with E-state index in [1.165, 1.54) is 0 Å². The first-order chi connectivity index (χ1) is 14.0. The molecule has 2 aromatic rings. The number of nitrogens with zero attached hydrogens (tertiary/aromatic N) is 3. The van der Waals surface area contributed by atoms with Gasteiger partial charge < -0.3 is 14.9 Å². The van der Waals surface area contributed by atoms with E-state index in [4.69, 9.17) is 0 Å². The number of aromatic nitrogens is 1. The molecule has 0 saturated carbocycles. The summed E-state index contributed by atoms with van der Waals surface area (Å²) >= 11 is 3.46. The van der Waals surface area contributed by atoms with E-state index in [-0.39, 0.29) is 11.3 Å². The van der Waals surface area contributed by atoms with Crippen molar-refractivity contribution in [2.75, 3.05) is 26.2 Å². The average molecular weight is 458 g/mol. The van der Waals surface area contributed by atoms with Gasteiger partial charge in [-0.1, -0.05) is 41.9 Å². The lowest BCUT2D eigenvalue weighted by Crippen LogP contribution is -2.38. The number of benzene rings is 1. The maximum absolute atomic E-state index is 12.9. The van der Waals surface area contributed by atoms with Crippen molar-refractivity contribution in [3.05, 3.63) is 70.0 Å². The highest BCUT2D eigenvalue weighted by Crippen LogP contribution is 2.39. The van der Waals surface area contributed by atoms with Gasteiger partial charge in [-0.3, -0.25) is 14.6 Å². The van der Waals surface area contributed by atoms with E-state index in [1.54, 1.807) is 29.4 Å². The second-order valence-corrected chi connectivity index (χ2v) is 7.73. The highest BCUT2D eigenvalue weighted by molar-refractivity contribution is 9.10. The van der Waals surface area contributed by atoms with Gasteiger partial charge in [0.15, 0.2) is 0 Å².